The number of hydrogen-bond donors (Lipinski definition) is 1. The normalized spacial score (nSPS) is 16.4. The number of Topliss-reactive ketones (excluding diaryl/α,β-unsaturated/α-hetero) is 1. The third-order valence-electron chi connectivity index (χ3n) is 3.80. The van der Waals surface area contributed by atoms with Crippen molar-refractivity contribution in [3.05, 3.63) is 58.6 Å². The van der Waals surface area contributed by atoms with Gasteiger partial charge in [0.25, 0.3) is 11.8 Å². The van der Waals surface area contributed by atoms with Crippen LogP contribution in [0.1, 0.15) is 6.92 Å². The van der Waals surface area contributed by atoms with Gasteiger partial charge in [0.15, 0.2) is 0 Å². The van der Waals surface area contributed by atoms with Crippen molar-refractivity contribution in [2.45, 2.75) is 6.92 Å². The predicted molar refractivity (Wildman–Crippen MR) is 101 cm³/mol. The highest BCUT2D eigenvalue weighted by Crippen LogP contribution is 2.26. The fourth-order valence-corrected chi connectivity index (χ4v) is 2.82. The first-order valence-corrected chi connectivity index (χ1v) is 8.38. The van der Waals surface area contributed by atoms with Crippen LogP contribution in [-0.2, 0) is 14.4 Å². The largest absolute Gasteiger partial charge is 0.319 e. The molecule has 2 aromatic carbocycles. The lowest BCUT2D eigenvalue weighted by atomic mass is 9.98. The Morgan fingerprint density at radius 2 is 1.77 bits per heavy atom. The number of halogens is 2. The second-order valence-corrected chi connectivity index (χ2v) is 6.42. The number of amides is 2. The first kappa shape index (κ1) is 18.1. The van der Waals surface area contributed by atoms with E-state index in [1.165, 1.54) is 25.1 Å². The maximum atomic E-state index is 12.6. The van der Waals surface area contributed by atoms with Crippen LogP contribution >= 0.6 is 23.2 Å². The monoisotopic (exact) mass is 389 g/mol. The molecule has 26 heavy (non-hydrogen) atoms. The van der Waals surface area contributed by atoms with Gasteiger partial charge < -0.3 is 5.32 Å². The third-order valence-corrected chi connectivity index (χ3v) is 4.53. The molecule has 2 amide bonds. The van der Waals surface area contributed by atoms with Crippen LogP contribution in [0.2, 0.25) is 10.0 Å². The number of anilines is 2. The van der Waals surface area contributed by atoms with Crippen LogP contribution < -0.4 is 10.3 Å². The molecule has 0 bridgehead atoms. The van der Waals surface area contributed by atoms with Gasteiger partial charge in [-0.3, -0.25) is 14.4 Å². The molecule has 8 heteroatoms. The number of hydrazone groups is 1. The molecule has 0 fully saturated rings. The van der Waals surface area contributed by atoms with Gasteiger partial charge in [-0.15, -0.1) is 0 Å². The van der Waals surface area contributed by atoms with Crippen molar-refractivity contribution in [2.24, 2.45) is 11.0 Å². The predicted octanol–water partition coefficient (Wildman–Crippen LogP) is 3.54. The van der Waals surface area contributed by atoms with Gasteiger partial charge in [-0.25, -0.2) is 0 Å². The second kappa shape index (κ2) is 7.27. The lowest BCUT2D eigenvalue weighted by molar-refractivity contribution is -0.138. The van der Waals surface area contributed by atoms with Crippen LogP contribution in [0.25, 0.3) is 0 Å². The summed E-state index contributed by atoms with van der Waals surface area (Å²) in [4.78, 5) is 37.4. The minimum absolute atomic E-state index is 0.238. The van der Waals surface area contributed by atoms with E-state index in [0.717, 1.165) is 5.01 Å². The number of ketones is 1. The number of nitrogens with one attached hydrogen (secondary N) is 1. The summed E-state index contributed by atoms with van der Waals surface area (Å²) in [5.41, 5.74) is 1.09. The third kappa shape index (κ3) is 3.47. The Hall–Kier alpha value is -2.70. The lowest BCUT2D eigenvalue weighted by Gasteiger charge is -2.13. The SMILES string of the molecule is CC1=NN(c2ccccc2)C(=O)C1C(=O)C(=O)Nc1ccc(Cl)c(Cl)c1. The van der Waals surface area contributed by atoms with E-state index >= 15 is 0 Å². The molecule has 0 radical (unpaired) electrons. The Kier molecular flexibility index (Phi) is 5.06. The lowest BCUT2D eigenvalue weighted by Crippen LogP contribution is -2.39. The molecule has 0 saturated carbocycles. The molecule has 1 atom stereocenters. The molecule has 6 nitrogen and oxygen atoms in total. The standard InChI is InChI=1S/C18H13Cl2N3O3/c1-10-15(18(26)23(22-10)12-5-3-2-4-6-12)16(24)17(25)21-11-7-8-13(19)14(20)9-11/h2-9,15H,1H3,(H,21,25). The van der Waals surface area contributed by atoms with Gasteiger partial charge in [-0.1, -0.05) is 41.4 Å². The zero-order chi connectivity index (χ0) is 18.8. The van der Waals surface area contributed by atoms with Gasteiger partial charge in [-0.2, -0.15) is 10.1 Å². The van der Waals surface area contributed by atoms with E-state index in [9.17, 15) is 14.4 Å². The number of para-hydroxylation sites is 1. The van der Waals surface area contributed by atoms with Gasteiger partial charge in [0.1, 0.15) is 5.92 Å². The topological polar surface area (TPSA) is 78.8 Å². The number of rotatable bonds is 4. The highest BCUT2D eigenvalue weighted by Gasteiger charge is 2.42. The average molecular weight is 390 g/mol. The highest BCUT2D eigenvalue weighted by atomic mass is 35.5. The van der Waals surface area contributed by atoms with E-state index in [1.807, 2.05) is 0 Å². The van der Waals surface area contributed by atoms with Crippen molar-refractivity contribution >= 4 is 57.9 Å². The summed E-state index contributed by atoms with van der Waals surface area (Å²) in [5.74, 6) is -3.63. The molecule has 1 aliphatic heterocycles. The van der Waals surface area contributed by atoms with Crippen LogP contribution in [-0.4, -0.2) is 23.3 Å². The second-order valence-electron chi connectivity index (χ2n) is 5.61. The molecular formula is C18H13Cl2N3O3. The summed E-state index contributed by atoms with van der Waals surface area (Å²) in [5, 5.41) is 8.23. The zero-order valence-corrected chi connectivity index (χ0v) is 15.1. The molecule has 1 N–H and O–H groups in total. The summed E-state index contributed by atoms with van der Waals surface area (Å²) in [6.07, 6.45) is 0. The van der Waals surface area contributed by atoms with Gasteiger partial charge in [0.2, 0.25) is 5.78 Å². The molecule has 1 unspecified atom stereocenters. The van der Waals surface area contributed by atoms with Crippen molar-refractivity contribution in [1.29, 1.82) is 0 Å². The van der Waals surface area contributed by atoms with Crippen molar-refractivity contribution in [3.63, 3.8) is 0 Å². The van der Waals surface area contributed by atoms with Crippen LogP contribution in [0.5, 0.6) is 0 Å². The molecule has 0 aromatic heterocycles. The fraction of sp³-hybridized carbons (Fsp3) is 0.111. The maximum absolute atomic E-state index is 12.6. The van der Waals surface area contributed by atoms with Gasteiger partial charge in [-0.05, 0) is 37.3 Å². The van der Waals surface area contributed by atoms with Crippen LogP contribution in [0.15, 0.2) is 53.6 Å². The molecule has 1 heterocycles. The molecule has 0 aliphatic carbocycles. The van der Waals surface area contributed by atoms with E-state index in [2.05, 4.69) is 10.4 Å². The minimum atomic E-state index is -1.25. The fourth-order valence-electron chi connectivity index (χ4n) is 2.52. The first-order chi connectivity index (χ1) is 12.4. The van der Waals surface area contributed by atoms with Crippen molar-refractivity contribution in [1.82, 2.24) is 0 Å². The molecule has 0 spiro atoms. The Labute approximate surface area is 159 Å². The van der Waals surface area contributed by atoms with Crippen molar-refractivity contribution in [2.75, 3.05) is 10.3 Å². The quantitative estimate of drug-likeness (QED) is 0.641. The number of carbonyl (C=O) groups is 3. The molecule has 132 valence electrons. The van der Waals surface area contributed by atoms with E-state index in [-0.39, 0.29) is 10.7 Å². The number of nitrogens with zero attached hydrogens (tertiary/aromatic N) is 2. The first-order valence-electron chi connectivity index (χ1n) is 7.63. The van der Waals surface area contributed by atoms with Crippen molar-refractivity contribution < 1.29 is 14.4 Å². The Bertz CT molecular complexity index is 929. The summed E-state index contributed by atoms with van der Waals surface area (Å²) >= 11 is 11.7. The number of hydrogen-bond acceptors (Lipinski definition) is 4. The van der Waals surface area contributed by atoms with Crippen LogP contribution in [0.4, 0.5) is 11.4 Å². The zero-order valence-electron chi connectivity index (χ0n) is 13.6. The smallest absolute Gasteiger partial charge is 0.293 e. The summed E-state index contributed by atoms with van der Waals surface area (Å²) in [6, 6.07) is 13.1. The van der Waals surface area contributed by atoms with E-state index < -0.39 is 23.5 Å². The molecular weight excluding hydrogens is 377 g/mol. The number of carbonyl (C=O) groups excluding carboxylic acids is 3. The highest BCUT2D eigenvalue weighted by molar-refractivity contribution is 6.50. The van der Waals surface area contributed by atoms with E-state index in [0.29, 0.717) is 16.4 Å². The summed E-state index contributed by atoms with van der Waals surface area (Å²) < 4.78 is 0. The average Bonchev–Trinajstić information content (AvgIpc) is 2.92. The van der Waals surface area contributed by atoms with Gasteiger partial charge in [0, 0.05) is 5.69 Å². The molecule has 1 aliphatic rings. The van der Waals surface area contributed by atoms with Crippen LogP contribution in [0.3, 0.4) is 0 Å². The molecule has 2 aromatic rings. The summed E-state index contributed by atoms with van der Waals surface area (Å²) in [6.45, 7) is 1.54. The van der Waals surface area contributed by atoms with E-state index in [1.54, 1.807) is 30.3 Å². The Balaban J connectivity index is 1.77. The van der Waals surface area contributed by atoms with E-state index in [4.69, 9.17) is 23.2 Å². The Morgan fingerprint density at radius 1 is 1.08 bits per heavy atom. The van der Waals surface area contributed by atoms with Gasteiger partial charge in [0.05, 0.1) is 21.4 Å². The van der Waals surface area contributed by atoms with Crippen molar-refractivity contribution in [3.8, 4) is 0 Å². The van der Waals surface area contributed by atoms with Crippen LogP contribution in [0, 0.1) is 5.92 Å². The van der Waals surface area contributed by atoms with Gasteiger partial charge >= 0.3 is 0 Å². The minimum Gasteiger partial charge on any atom is -0.319 e. The number of benzene rings is 2. The summed E-state index contributed by atoms with van der Waals surface area (Å²) in [7, 11) is 0. The maximum Gasteiger partial charge on any atom is 0.293 e. The Morgan fingerprint density at radius 3 is 2.42 bits per heavy atom. The molecule has 3 rings (SSSR count). The molecule has 0 saturated heterocycles.